The van der Waals surface area contributed by atoms with E-state index in [2.05, 4.69) is 0 Å². The summed E-state index contributed by atoms with van der Waals surface area (Å²) in [6.07, 6.45) is 3.76. The Morgan fingerprint density at radius 2 is 1.78 bits per heavy atom. The maximum Gasteiger partial charge on any atom is 0.336 e. The number of carboxylic acid groups (broad SMARTS) is 1. The van der Waals surface area contributed by atoms with Crippen molar-refractivity contribution in [2.24, 2.45) is 0 Å². The molecule has 2 heteroatoms. The van der Waals surface area contributed by atoms with E-state index in [1.807, 2.05) is 61.5 Å². The van der Waals surface area contributed by atoms with Crippen LogP contribution in [0.15, 0.2) is 48.5 Å². The molecule has 0 aliphatic carbocycles. The number of aromatic carboxylic acids is 1. The van der Waals surface area contributed by atoms with Crippen LogP contribution in [0, 0.1) is 6.92 Å². The first-order valence-electron chi connectivity index (χ1n) is 5.74. The second-order valence-corrected chi connectivity index (χ2v) is 4.14. The van der Waals surface area contributed by atoms with Crippen molar-refractivity contribution < 1.29 is 9.90 Å². The molecule has 0 atom stereocenters. The van der Waals surface area contributed by atoms with Crippen molar-refractivity contribution in [1.82, 2.24) is 0 Å². The zero-order chi connectivity index (χ0) is 13.0. The molecule has 2 nitrogen and oxygen atoms in total. The Labute approximate surface area is 106 Å². The van der Waals surface area contributed by atoms with Gasteiger partial charge in [-0.25, -0.2) is 4.79 Å². The monoisotopic (exact) mass is 238 g/mol. The molecule has 0 saturated heterocycles. The normalized spacial score (nSPS) is 10.7. The van der Waals surface area contributed by atoms with E-state index < -0.39 is 5.97 Å². The minimum absolute atomic E-state index is 0.327. The number of hydrogen-bond acceptors (Lipinski definition) is 1. The van der Waals surface area contributed by atoms with Crippen LogP contribution in [0.25, 0.3) is 12.2 Å². The number of carbonyl (C=O) groups is 1. The highest BCUT2D eigenvalue weighted by atomic mass is 16.4. The van der Waals surface area contributed by atoms with Crippen molar-refractivity contribution in [2.75, 3.05) is 0 Å². The molecular weight excluding hydrogens is 224 g/mol. The third-order valence-corrected chi connectivity index (χ3v) is 2.69. The lowest BCUT2D eigenvalue weighted by Gasteiger charge is -2.02. The Kier molecular flexibility index (Phi) is 3.58. The molecule has 0 fully saturated rings. The number of hydrogen-bond donors (Lipinski definition) is 1. The standard InChI is InChI=1S/C16H14O2/c1-12-7-10-15(16(17)18)14(11-12)9-8-13-5-3-2-4-6-13/h2-11H,1H3,(H,17,18)/b9-8+. The largest absolute Gasteiger partial charge is 0.478 e. The van der Waals surface area contributed by atoms with Gasteiger partial charge in [-0.1, -0.05) is 60.2 Å². The Morgan fingerprint density at radius 3 is 2.44 bits per heavy atom. The number of carboxylic acids is 1. The summed E-state index contributed by atoms with van der Waals surface area (Å²) in [7, 11) is 0. The molecule has 0 aliphatic rings. The van der Waals surface area contributed by atoms with Crippen molar-refractivity contribution in [2.45, 2.75) is 6.92 Å². The van der Waals surface area contributed by atoms with Gasteiger partial charge < -0.3 is 5.11 Å². The third-order valence-electron chi connectivity index (χ3n) is 2.69. The molecule has 0 radical (unpaired) electrons. The molecule has 0 spiro atoms. The second kappa shape index (κ2) is 5.32. The Hall–Kier alpha value is -2.35. The smallest absolute Gasteiger partial charge is 0.336 e. The molecule has 0 heterocycles. The molecule has 0 bridgehead atoms. The third kappa shape index (κ3) is 2.86. The maximum atomic E-state index is 11.1. The molecule has 90 valence electrons. The van der Waals surface area contributed by atoms with Crippen LogP contribution in [-0.4, -0.2) is 11.1 Å². The molecule has 0 aliphatic heterocycles. The Bertz CT molecular complexity index is 583. The SMILES string of the molecule is Cc1ccc(C(=O)O)c(/C=C/c2ccccc2)c1. The van der Waals surface area contributed by atoms with E-state index in [0.29, 0.717) is 5.56 Å². The van der Waals surface area contributed by atoms with Gasteiger partial charge in [0, 0.05) is 0 Å². The minimum Gasteiger partial charge on any atom is -0.478 e. The lowest BCUT2D eigenvalue weighted by molar-refractivity contribution is 0.0696. The predicted molar refractivity (Wildman–Crippen MR) is 73.5 cm³/mol. The fraction of sp³-hybridized carbons (Fsp3) is 0.0625. The van der Waals surface area contributed by atoms with Crippen LogP contribution in [0.4, 0.5) is 0 Å². The van der Waals surface area contributed by atoms with Gasteiger partial charge in [-0.2, -0.15) is 0 Å². The summed E-state index contributed by atoms with van der Waals surface area (Å²) >= 11 is 0. The van der Waals surface area contributed by atoms with Crippen molar-refractivity contribution in [3.05, 3.63) is 70.8 Å². The summed E-state index contributed by atoms with van der Waals surface area (Å²) in [6, 6.07) is 15.1. The lowest BCUT2D eigenvalue weighted by atomic mass is 10.0. The van der Waals surface area contributed by atoms with Crippen LogP contribution in [0.3, 0.4) is 0 Å². The van der Waals surface area contributed by atoms with Gasteiger partial charge in [0.2, 0.25) is 0 Å². The van der Waals surface area contributed by atoms with E-state index in [1.54, 1.807) is 6.07 Å². The summed E-state index contributed by atoms with van der Waals surface area (Å²) < 4.78 is 0. The van der Waals surface area contributed by atoms with Gasteiger partial charge in [-0.3, -0.25) is 0 Å². The summed E-state index contributed by atoms with van der Waals surface area (Å²) in [4.78, 5) is 11.1. The van der Waals surface area contributed by atoms with Crippen LogP contribution < -0.4 is 0 Å². The zero-order valence-corrected chi connectivity index (χ0v) is 10.1. The molecule has 0 unspecified atom stereocenters. The first kappa shape index (κ1) is 12.1. The van der Waals surface area contributed by atoms with Crippen LogP contribution >= 0.6 is 0 Å². The van der Waals surface area contributed by atoms with Crippen molar-refractivity contribution in [3.8, 4) is 0 Å². The van der Waals surface area contributed by atoms with E-state index >= 15 is 0 Å². The van der Waals surface area contributed by atoms with Gasteiger partial charge in [0.25, 0.3) is 0 Å². The highest BCUT2D eigenvalue weighted by Gasteiger charge is 2.07. The highest BCUT2D eigenvalue weighted by molar-refractivity contribution is 5.93. The van der Waals surface area contributed by atoms with Gasteiger partial charge in [0.05, 0.1) is 5.56 Å². The summed E-state index contributed by atoms with van der Waals surface area (Å²) in [5.41, 5.74) is 3.15. The van der Waals surface area contributed by atoms with E-state index in [0.717, 1.165) is 16.7 Å². The number of aryl methyl sites for hydroxylation is 1. The zero-order valence-electron chi connectivity index (χ0n) is 10.1. The van der Waals surface area contributed by atoms with Gasteiger partial charge in [-0.05, 0) is 24.1 Å². The molecule has 2 rings (SSSR count). The first-order chi connectivity index (χ1) is 8.66. The lowest BCUT2D eigenvalue weighted by Crippen LogP contribution is -1.99. The molecule has 0 amide bonds. The highest BCUT2D eigenvalue weighted by Crippen LogP contribution is 2.15. The van der Waals surface area contributed by atoms with Gasteiger partial charge >= 0.3 is 5.97 Å². The topological polar surface area (TPSA) is 37.3 Å². The van der Waals surface area contributed by atoms with Crippen molar-refractivity contribution >= 4 is 18.1 Å². The molecule has 18 heavy (non-hydrogen) atoms. The van der Waals surface area contributed by atoms with Crippen molar-refractivity contribution in [1.29, 1.82) is 0 Å². The van der Waals surface area contributed by atoms with E-state index in [9.17, 15) is 4.79 Å². The second-order valence-electron chi connectivity index (χ2n) is 4.14. The fourth-order valence-corrected chi connectivity index (χ4v) is 1.76. The Balaban J connectivity index is 2.36. The molecule has 0 aromatic heterocycles. The van der Waals surface area contributed by atoms with Gasteiger partial charge in [0.15, 0.2) is 0 Å². The predicted octanol–water partition coefficient (Wildman–Crippen LogP) is 3.86. The van der Waals surface area contributed by atoms with Crippen LogP contribution in [0.5, 0.6) is 0 Å². The molecule has 2 aromatic carbocycles. The van der Waals surface area contributed by atoms with Gasteiger partial charge in [0.1, 0.15) is 0 Å². The van der Waals surface area contributed by atoms with Crippen LogP contribution in [-0.2, 0) is 0 Å². The minimum atomic E-state index is -0.900. The van der Waals surface area contributed by atoms with E-state index in [4.69, 9.17) is 5.11 Å². The fourth-order valence-electron chi connectivity index (χ4n) is 1.76. The number of benzene rings is 2. The maximum absolute atomic E-state index is 11.1. The quantitative estimate of drug-likeness (QED) is 0.824. The van der Waals surface area contributed by atoms with Crippen LogP contribution in [0.1, 0.15) is 27.0 Å². The average molecular weight is 238 g/mol. The Morgan fingerprint density at radius 1 is 1.06 bits per heavy atom. The summed E-state index contributed by atoms with van der Waals surface area (Å²) in [5.74, 6) is -0.900. The molecule has 1 N–H and O–H groups in total. The van der Waals surface area contributed by atoms with Crippen molar-refractivity contribution in [3.63, 3.8) is 0 Å². The van der Waals surface area contributed by atoms with Gasteiger partial charge in [-0.15, -0.1) is 0 Å². The average Bonchev–Trinajstić information content (AvgIpc) is 2.37. The molecule has 0 saturated carbocycles. The van der Waals surface area contributed by atoms with Crippen LogP contribution in [0.2, 0.25) is 0 Å². The first-order valence-corrected chi connectivity index (χ1v) is 5.74. The summed E-state index contributed by atoms with van der Waals surface area (Å²) in [6.45, 7) is 1.95. The molecule has 2 aromatic rings. The number of rotatable bonds is 3. The summed E-state index contributed by atoms with van der Waals surface area (Å²) in [5, 5.41) is 9.12. The van der Waals surface area contributed by atoms with E-state index in [-0.39, 0.29) is 0 Å². The van der Waals surface area contributed by atoms with E-state index in [1.165, 1.54) is 0 Å². The molecular formula is C16H14O2.